The number of hydrogen-bond acceptors (Lipinski definition) is 9. The summed E-state index contributed by atoms with van der Waals surface area (Å²) >= 11 is 1.13. The number of nitrogens with one attached hydrogen (secondary N) is 2. The van der Waals surface area contributed by atoms with Crippen LogP contribution in [0.3, 0.4) is 0 Å². The molecule has 31 heavy (non-hydrogen) atoms. The molecule has 0 radical (unpaired) electrons. The topological polar surface area (TPSA) is 127 Å². The van der Waals surface area contributed by atoms with Crippen molar-refractivity contribution in [3.63, 3.8) is 0 Å². The fourth-order valence-electron chi connectivity index (χ4n) is 3.11. The number of rotatable bonds is 4. The molecule has 0 fully saturated rings. The Labute approximate surface area is 184 Å². The third-order valence-electron chi connectivity index (χ3n) is 4.49. The van der Waals surface area contributed by atoms with Crippen molar-refractivity contribution in [2.45, 2.75) is 53.1 Å². The number of fused-ring (bicyclic) bond motifs is 1. The maximum Gasteiger partial charge on any atom is 0.410 e. The lowest BCUT2D eigenvalue weighted by molar-refractivity contribution is 0.0258. The highest BCUT2D eigenvalue weighted by Gasteiger charge is 2.26. The number of H-pyrrole nitrogens is 1. The summed E-state index contributed by atoms with van der Waals surface area (Å²) in [5.74, 6) is -0.199. The van der Waals surface area contributed by atoms with Crippen molar-refractivity contribution in [2.75, 3.05) is 25.0 Å². The van der Waals surface area contributed by atoms with E-state index >= 15 is 0 Å². The highest BCUT2D eigenvalue weighted by atomic mass is 32.1. The van der Waals surface area contributed by atoms with Crippen LogP contribution in [0.1, 0.15) is 54.3 Å². The molecular formula is C20H27N5O5S. The monoisotopic (exact) mass is 449 g/mol. The van der Waals surface area contributed by atoms with Crippen LogP contribution in [-0.4, -0.2) is 57.2 Å². The molecule has 0 unspecified atom stereocenters. The van der Waals surface area contributed by atoms with E-state index in [9.17, 15) is 14.4 Å². The maximum atomic E-state index is 12.6. The van der Waals surface area contributed by atoms with Crippen LogP contribution < -0.4 is 10.9 Å². The Balaban J connectivity index is 1.76. The van der Waals surface area contributed by atoms with Gasteiger partial charge in [0.05, 0.1) is 18.0 Å². The van der Waals surface area contributed by atoms with Crippen LogP contribution in [0.25, 0.3) is 0 Å². The lowest BCUT2D eigenvalue weighted by Gasteiger charge is -2.26. The smallest absolute Gasteiger partial charge is 0.410 e. The Morgan fingerprint density at radius 1 is 1.23 bits per heavy atom. The largest absolute Gasteiger partial charge is 0.462 e. The molecule has 2 N–H and O–H groups in total. The van der Waals surface area contributed by atoms with E-state index in [4.69, 9.17) is 9.47 Å². The van der Waals surface area contributed by atoms with Crippen LogP contribution >= 0.6 is 11.3 Å². The molecule has 0 atom stereocenters. The van der Waals surface area contributed by atoms with Crippen LogP contribution in [0.2, 0.25) is 0 Å². The first-order chi connectivity index (χ1) is 14.6. The molecule has 0 aliphatic carbocycles. The number of carbonyl (C=O) groups is 2. The first-order valence-electron chi connectivity index (χ1n) is 10.1. The van der Waals surface area contributed by atoms with Crippen LogP contribution in [-0.2, 0) is 22.3 Å². The van der Waals surface area contributed by atoms with Gasteiger partial charge in [0.2, 0.25) is 5.95 Å². The summed E-state index contributed by atoms with van der Waals surface area (Å²) in [5, 5.41) is 3.39. The lowest BCUT2D eigenvalue weighted by Crippen LogP contribution is -2.38. The van der Waals surface area contributed by atoms with Crippen LogP contribution in [0.15, 0.2) is 4.79 Å². The SMILES string of the molecule is CCOC(=O)c1sc(Nc2nc3c(c(=O)[nH]2)CCN(C(=O)OC(C)(C)C)CC3)nc1C. The molecule has 1 aliphatic rings. The van der Waals surface area contributed by atoms with Gasteiger partial charge in [-0.15, -0.1) is 0 Å². The predicted molar refractivity (Wildman–Crippen MR) is 116 cm³/mol. The van der Waals surface area contributed by atoms with Gasteiger partial charge in [-0.25, -0.2) is 19.6 Å². The van der Waals surface area contributed by atoms with E-state index in [1.165, 1.54) is 0 Å². The standard InChI is InChI=1S/C20H27N5O5S/c1-6-29-16(27)14-11(2)21-18(31-14)24-17-22-13-8-10-25(19(28)30-20(3,4)5)9-7-12(13)15(26)23-17/h6-10H2,1-5H3,(H2,21,22,23,24,26). The number of thiazole rings is 1. The number of aryl methyl sites for hydroxylation is 1. The van der Waals surface area contributed by atoms with Crippen molar-refractivity contribution in [2.24, 2.45) is 0 Å². The zero-order valence-corrected chi connectivity index (χ0v) is 19.1. The molecule has 3 rings (SSSR count). The second-order valence-corrected chi connectivity index (χ2v) is 9.09. The Hall–Kier alpha value is -2.95. The molecule has 3 heterocycles. The Kier molecular flexibility index (Phi) is 6.63. The van der Waals surface area contributed by atoms with Crippen LogP contribution in [0.4, 0.5) is 15.9 Å². The summed E-state index contributed by atoms with van der Waals surface area (Å²) in [4.78, 5) is 50.6. The molecule has 2 aromatic rings. The Bertz CT molecular complexity index is 1040. The van der Waals surface area contributed by atoms with Crippen molar-refractivity contribution in [1.82, 2.24) is 19.9 Å². The van der Waals surface area contributed by atoms with Gasteiger partial charge in [0.15, 0.2) is 5.13 Å². The fourth-order valence-corrected chi connectivity index (χ4v) is 3.97. The molecule has 0 saturated heterocycles. The van der Waals surface area contributed by atoms with Crippen molar-refractivity contribution >= 4 is 34.5 Å². The third kappa shape index (κ3) is 5.60. The van der Waals surface area contributed by atoms with Crippen molar-refractivity contribution < 1.29 is 19.1 Å². The maximum absolute atomic E-state index is 12.6. The normalized spacial score (nSPS) is 13.9. The van der Waals surface area contributed by atoms with Crippen molar-refractivity contribution in [3.8, 4) is 0 Å². The molecule has 1 amide bonds. The summed E-state index contributed by atoms with van der Waals surface area (Å²) < 4.78 is 10.5. The van der Waals surface area contributed by atoms with E-state index in [0.29, 0.717) is 52.9 Å². The van der Waals surface area contributed by atoms with Gasteiger partial charge in [0.1, 0.15) is 10.5 Å². The Morgan fingerprint density at radius 2 is 1.94 bits per heavy atom. The van der Waals surface area contributed by atoms with Gasteiger partial charge in [-0.2, -0.15) is 0 Å². The summed E-state index contributed by atoms with van der Waals surface area (Å²) in [6, 6.07) is 0. The van der Waals surface area contributed by atoms with Gasteiger partial charge in [-0.05, 0) is 41.0 Å². The molecule has 2 aromatic heterocycles. The van der Waals surface area contributed by atoms with E-state index in [0.717, 1.165) is 11.3 Å². The summed E-state index contributed by atoms with van der Waals surface area (Å²) in [5.41, 5.74) is 0.862. The summed E-state index contributed by atoms with van der Waals surface area (Å²) in [6.45, 7) is 9.96. The van der Waals surface area contributed by atoms with Gasteiger partial charge in [0.25, 0.3) is 5.56 Å². The number of aromatic nitrogens is 3. The number of carbonyl (C=O) groups excluding carboxylic acids is 2. The average Bonchev–Trinajstić information content (AvgIpc) is 2.88. The molecule has 11 heteroatoms. The predicted octanol–water partition coefficient (Wildman–Crippen LogP) is 2.79. The molecular weight excluding hydrogens is 422 g/mol. The number of anilines is 2. The number of amides is 1. The lowest BCUT2D eigenvalue weighted by atomic mass is 10.1. The molecule has 0 spiro atoms. The van der Waals surface area contributed by atoms with Crippen molar-refractivity contribution in [3.05, 3.63) is 32.2 Å². The van der Waals surface area contributed by atoms with Crippen LogP contribution in [0, 0.1) is 6.92 Å². The molecule has 0 bridgehead atoms. The zero-order valence-electron chi connectivity index (χ0n) is 18.3. The van der Waals surface area contributed by atoms with E-state index < -0.39 is 17.7 Å². The Morgan fingerprint density at radius 3 is 2.61 bits per heavy atom. The van der Waals surface area contributed by atoms with Crippen molar-refractivity contribution in [1.29, 1.82) is 0 Å². The second kappa shape index (κ2) is 9.04. The van der Waals surface area contributed by atoms with Gasteiger partial charge in [-0.3, -0.25) is 9.78 Å². The fraction of sp³-hybridized carbons (Fsp3) is 0.550. The highest BCUT2D eigenvalue weighted by Crippen LogP contribution is 2.25. The number of esters is 1. The molecule has 1 aliphatic heterocycles. The van der Waals surface area contributed by atoms with Gasteiger partial charge in [-0.1, -0.05) is 11.3 Å². The number of ether oxygens (including phenoxy) is 2. The zero-order chi connectivity index (χ0) is 22.8. The third-order valence-corrected chi connectivity index (χ3v) is 5.54. The van der Waals surface area contributed by atoms with E-state index in [-0.39, 0.29) is 18.1 Å². The van der Waals surface area contributed by atoms with Gasteiger partial charge in [0, 0.05) is 25.1 Å². The van der Waals surface area contributed by atoms with E-state index in [1.807, 2.05) is 20.8 Å². The number of hydrogen-bond donors (Lipinski definition) is 2. The molecule has 0 saturated carbocycles. The minimum Gasteiger partial charge on any atom is -0.462 e. The molecule has 10 nitrogen and oxygen atoms in total. The first-order valence-corrected chi connectivity index (χ1v) is 10.9. The minimum absolute atomic E-state index is 0.235. The van der Waals surface area contributed by atoms with E-state index in [2.05, 4.69) is 20.3 Å². The highest BCUT2D eigenvalue weighted by molar-refractivity contribution is 7.17. The van der Waals surface area contributed by atoms with Gasteiger partial charge >= 0.3 is 12.1 Å². The van der Waals surface area contributed by atoms with Gasteiger partial charge < -0.3 is 19.7 Å². The molecule has 0 aromatic carbocycles. The summed E-state index contributed by atoms with van der Waals surface area (Å²) in [7, 11) is 0. The quantitative estimate of drug-likeness (QED) is 0.682. The average molecular weight is 450 g/mol. The molecule has 168 valence electrons. The first kappa shape index (κ1) is 22.7. The summed E-state index contributed by atoms with van der Waals surface area (Å²) in [6.07, 6.45) is 0.415. The van der Waals surface area contributed by atoms with E-state index in [1.54, 1.807) is 18.7 Å². The minimum atomic E-state index is -0.586. The van der Waals surface area contributed by atoms with Crippen LogP contribution in [0.5, 0.6) is 0 Å². The number of aromatic amines is 1. The number of nitrogens with zero attached hydrogens (tertiary/aromatic N) is 3. The second-order valence-electron chi connectivity index (χ2n) is 8.09.